The number of nitrogens with one attached hydrogen (secondary N) is 1. The van der Waals surface area contributed by atoms with Crippen LogP contribution in [0.15, 0.2) is 23.0 Å². The van der Waals surface area contributed by atoms with Crippen molar-refractivity contribution in [2.24, 2.45) is 0 Å². The van der Waals surface area contributed by atoms with E-state index < -0.39 is 12.1 Å². The minimum atomic E-state index is -4.98. The van der Waals surface area contributed by atoms with E-state index in [4.69, 9.17) is 9.25 Å². The van der Waals surface area contributed by atoms with E-state index in [1.807, 2.05) is 0 Å². The van der Waals surface area contributed by atoms with Crippen molar-refractivity contribution < 1.29 is 31.9 Å². The first kappa shape index (κ1) is 14.9. The highest BCUT2D eigenvalue weighted by Crippen LogP contribution is 2.24. The number of carbonyl (C=O) groups is 1. The third kappa shape index (κ3) is 3.73. The molecule has 2 rings (SSSR count). The molecule has 1 N–H and O–H groups in total. The first-order valence-corrected chi connectivity index (χ1v) is 6.30. The van der Waals surface area contributed by atoms with Crippen LogP contribution in [0, 0.1) is 0 Å². The number of halogens is 3. The summed E-state index contributed by atoms with van der Waals surface area (Å²) in [5.74, 6) is -2.15. The Morgan fingerprint density at radius 2 is 2.20 bits per heavy atom. The predicted molar refractivity (Wildman–Crippen MR) is 62.0 cm³/mol. The lowest BCUT2D eigenvalue weighted by Crippen LogP contribution is -2.52. The summed E-state index contributed by atoms with van der Waals surface area (Å²) >= 11 is 0. The van der Waals surface area contributed by atoms with Crippen molar-refractivity contribution in [3.8, 4) is 0 Å². The summed E-state index contributed by atoms with van der Waals surface area (Å²) in [6.07, 6.45) is -1.47. The van der Waals surface area contributed by atoms with Gasteiger partial charge < -0.3 is 9.73 Å². The molecular formula is C12H16F3N2O3+. The second-order valence-electron chi connectivity index (χ2n) is 4.78. The second kappa shape index (κ2) is 5.84. The summed E-state index contributed by atoms with van der Waals surface area (Å²) in [6, 6.07) is 1.65. The Hall–Kier alpha value is -1.54. The average Bonchev–Trinajstić information content (AvgIpc) is 2.74. The van der Waals surface area contributed by atoms with Crippen molar-refractivity contribution in [3.63, 3.8) is 0 Å². The van der Waals surface area contributed by atoms with E-state index >= 15 is 0 Å². The molecule has 112 valence electrons. The van der Waals surface area contributed by atoms with Gasteiger partial charge in [0.15, 0.2) is 0 Å². The zero-order valence-electron chi connectivity index (χ0n) is 10.8. The Balaban J connectivity index is 2.16. The number of hydroxylamine groups is 3. The Labute approximate surface area is 113 Å². The van der Waals surface area contributed by atoms with E-state index in [9.17, 15) is 18.0 Å². The number of carbonyl (C=O) groups excluding carboxylic acids is 1. The first-order valence-electron chi connectivity index (χ1n) is 6.30. The molecule has 0 amide bonds. The lowest BCUT2D eigenvalue weighted by atomic mass is 10.3. The van der Waals surface area contributed by atoms with Gasteiger partial charge in [-0.2, -0.15) is 13.2 Å². The molecule has 0 spiro atoms. The quantitative estimate of drug-likeness (QED) is 0.860. The number of alkyl halides is 3. The molecule has 1 atom stereocenters. The van der Waals surface area contributed by atoms with Crippen LogP contribution in [0.1, 0.15) is 12.0 Å². The molecule has 1 fully saturated rings. The fourth-order valence-electron chi connectivity index (χ4n) is 2.24. The first-order chi connectivity index (χ1) is 9.41. The Morgan fingerprint density at radius 1 is 1.40 bits per heavy atom. The lowest BCUT2D eigenvalue weighted by Gasteiger charge is -2.33. The third-order valence-corrected chi connectivity index (χ3v) is 3.17. The maximum atomic E-state index is 12.4. The van der Waals surface area contributed by atoms with Crippen LogP contribution in [0.3, 0.4) is 0 Å². The SMILES string of the molecule is O=C(O[N+]1(Cc2ccoc2)CCCNCC1)C(F)(F)F. The van der Waals surface area contributed by atoms with Crippen molar-refractivity contribution in [1.29, 1.82) is 0 Å². The van der Waals surface area contributed by atoms with Gasteiger partial charge in [0, 0.05) is 25.1 Å². The highest BCUT2D eigenvalue weighted by atomic mass is 19.4. The summed E-state index contributed by atoms with van der Waals surface area (Å²) in [4.78, 5) is 16.0. The molecule has 1 saturated heterocycles. The molecule has 5 nitrogen and oxygen atoms in total. The van der Waals surface area contributed by atoms with E-state index in [0.29, 0.717) is 31.6 Å². The van der Waals surface area contributed by atoms with Crippen molar-refractivity contribution >= 4 is 5.97 Å². The van der Waals surface area contributed by atoms with Gasteiger partial charge in [0.1, 0.15) is 19.6 Å². The van der Waals surface area contributed by atoms with Gasteiger partial charge in [-0.05, 0) is 6.07 Å². The topological polar surface area (TPSA) is 51.5 Å². The molecule has 0 bridgehead atoms. The van der Waals surface area contributed by atoms with Gasteiger partial charge in [0.05, 0.1) is 12.5 Å². The highest BCUT2D eigenvalue weighted by Gasteiger charge is 2.48. The molecule has 1 aromatic heterocycles. The number of hydrogen-bond donors (Lipinski definition) is 1. The zero-order chi connectivity index (χ0) is 14.6. The van der Waals surface area contributed by atoms with E-state index in [-0.39, 0.29) is 17.7 Å². The molecule has 1 aromatic rings. The van der Waals surface area contributed by atoms with Crippen LogP contribution in [0.4, 0.5) is 13.2 Å². The number of hydrogen-bond acceptors (Lipinski definition) is 4. The van der Waals surface area contributed by atoms with Crippen LogP contribution in [0.25, 0.3) is 0 Å². The molecule has 8 heteroatoms. The number of rotatable bonds is 3. The molecule has 2 heterocycles. The zero-order valence-corrected chi connectivity index (χ0v) is 10.8. The molecule has 0 radical (unpaired) electrons. The van der Waals surface area contributed by atoms with Crippen LogP contribution >= 0.6 is 0 Å². The normalized spacial score (nSPS) is 24.1. The van der Waals surface area contributed by atoms with E-state index in [0.717, 1.165) is 0 Å². The van der Waals surface area contributed by atoms with Crippen LogP contribution in [-0.4, -0.2) is 43.0 Å². The van der Waals surface area contributed by atoms with Crippen LogP contribution in [-0.2, 0) is 16.2 Å². The van der Waals surface area contributed by atoms with Gasteiger partial charge >= 0.3 is 12.1 Å². The minimum Gasteiger partial charge on any atom is -0.472 e. The molecule has 0 aliphatic carbocycles. The van der Waals surface area contributed by atoms with Crippen molar-refractivity contribution in [2.45, 2.75) is 19.1 Å². The molecule has 0 aromatic carbocycles. The van der Waals surface area contributed by atoms with Gasteiger partial charge in [0.25, 0.3) is 0 Å². The van der Waals surface area contributed by atoms with Gasteiger partial charge in [-0.3, -0.25) is 4.84 Å². The van der Waals surface area contributed by atoms with Crippen molar-refractivity contribution in [1.82, 2.24) is 5.32 Å². The fourth-order valence-corrected chi connectivity index (χ4v) is 2.24. The molecule has 1 aliphatic rings. The molecule has 0 saturated carbocycles. The lowest BCUT2D eigenvalue weighted by molar-refractivity contribution is -1.10. The summed E-state index contributed by atoms with van der Waals surface area (Å²) in [7, 11) is 0. The summed E-state index contributed by atoms with van der Waals surface area (Å²) < 4.78 is 41.9. The Bertz CT molecular complexity index is 437. The number of quaternary nitrogens is 1. The van der Waals surface area contributed by atoms with E-state index in [2.05, 4.69) is 5.32 Å². The predicted octanol–water partition coefficient (Wildman–Crippen LogP) is 1.61. The van der Waals surface area contributed by atoms with Crippen LogP contribution in [0.5, 0.6) is 0 Å². The van der Waals surface area contributed by atoms with Crippen molar-refractivity contribution in [3.05, 3.63) is 24.2 Å². The summed E-state index contributed by atoms with van der Waals surface area (Å²) in [5.41, 5.74) is 0.696. The van der Waals surface area contributed by atoms with Gasteiger partial charge in [-0.15, -0.1) is 4.65 Å². The largest absolute Gasteiger partial charge is 0.497 e. The third-order valence-electron chi connectivity index (χ3n) is 3.17. The standard InChI is InChI=1S/C12H16F3N2O3/c13-12(14,15)11(18)20-17(5-1-3-16-4-6-17)8-10-2-7-19-9-10/h2,7,9,16H,1,3-6,8H2/q+1. The minimum absolute atomic E-state index is 0.167. The number of furan rings is 1. The molecular weight excluding hydrogens is 277 g/mol. The fraction of sp³-hybridized carbons (Fsp3) is 0.583. The highest BCUT2D eigenvalue weighted by molar-refractivity contribution is 5.74. The summed E-state index contributed by atoms with van der Waals surface area (Å²) in [5, 5.41) is 3.08. The van der Waals surface area contributed by atoms with Gasteiger partial charge in [0.2, 0.25) is 0 Å². The number of nitrogens with zero attached hydrogens (tertiary/aromatic N) is 1. The maximum absolute atomic E-state index is 12.4. The van der Waals surface area contributed by atoms with Gasteiger partial charge in [-0.25, -0.2) is 4.79 Å². The average molecular weight is 293 g/mol. The Kier molecular flexibility index (Phi) is 4.34. The van der Waals surface area contributed by atoms with E-state index in [1.165, 1.54) is 12.5 Å². The summed E-state index contributed by atoms with van der Waals surface area (Å²) in [6.45, 7) is 1.96. The van der Waals surface area contributed by atoms with Gasteiger partial charge in [-0.1, -0.05) is 0 Å². The second-order valence-corrected chi connectivity index (χ2v) is 4.78. The van der Waals surface area contributed by atoms with Crippen LogP contribution < -0.4 is 5.32 Å². The maximum Gasteiger partial charge on any atom is 0.497 e. The molecule has 1 aliphatic heterocycles. The van der Waals surface area contributed by atoms with Crippen LogP contribution in [0.2, 0.25) is 0 Å². The Morgan fingerprint density at radius 3 is 2.85 bits per heavy atom. The molecule has 20 heavy (non-hydrogen) atoms. The smallest absolute Gasteiger partial charge is 0.472 e. The monoisotopic (exact) mass is 293 g/mol. The molecule has 1 unspecified atom stereocenters. The van der Waals surface area contributed by atoms with Crippen molar-refractivity contribution in [2.75, 3.05) is 26.2 Å². The van der Waals surface area contributed by atoms with E-state index in [1.54, 1.807) is 6.07 Å².